The Kier molecular flexibility index (Phi) is 7.21. The maximum atomic E-state index is 11.7. The normalized spacial score (nSPS) is 12.8. The van der Waals surface area contributed by atoms with Crippen LogP contribution in [0, 0.1) is 11.3 Å². The number of benzene rings is 1. The lowest BCUT2D eigenvalue weighted by Gasteiger charge is -2.22. The Labute approximate surface area is 147 Å². The smallest absolute Gasteiger partial charge is 0.407 e. The lowest BCUT2D eigenvalue weighted by atomic mass is 10.2. The molecule has 0 saturated carbocycles. The SMILES string of the molecule is CC(C)(C)OC(=O)NC[C@H](COc1ccc(C#N)cc1)OS(C)(=O)=O. The molecule has 0 fully saturated rings. The number of hydrogen-bond donors (Lipinski definition) is 1. The molecule has 0 aromatic heterocycles. The molecule has 0 aliphatic carbocycles. The van der Waals surface area contributed by atoms with Crippen molar-refractivity contribution >= 4 is 16.2 Å². The molecule has 0 bridgehead atoms. The van der Waals surface area contributed by atoms with Gasteiger partial charge in [-0.1, -0.05) is 0 Å². The third-order valence-electron chi connectivity index (χ3n) is 2.60. The molecule has 25 heavy (non-hydrogen) atoms. The quantitative estimate of drug-likeness (QED) is 0.728. The molecule has 1 aromatic rings. The first kappa shape index (κ1) is 20.7. The van der Waals surface area contributed by atoms with E-state index in [-0.39, 0.29) is 13.2 Å². The van der Waals surface area contributed by atoms with Gasteiger partial charge >= 0.3 is 6.09 Å². The molecule has 1 amide bonds. The van der Waals surface area contributed by atoms with E-state index in [2.05, 4.69) is 5.32 Å². The van der Waals surface area contributed by atoms with Gasteiger partial charge in [-0.2, -0.15) is 13.7 Å². The van der Waals surface area contributed by atoms with E-state index in [1.54, 1.807) is 45.0 Å². The van der Waals surface area contributed by atoms with E-state index in [0.717, 1.165) is 6.26 Å². The lowest BCUT2D eigenvalue weighted by molar-refractivity contribution is 0.0485. The van der Waals surface area contributed by atoms with E-state index in [9.17, 15) is 13.2 Å². The van der Waals surface area contributed by atoms with Crippen LogP contribution in [0.1, 0.15) is 26.3 Å². The summed E-state index contributed by atoms with van der Waals surface area (Å²) in [7, 11) is -3.74. The Morgan fingerprint density at radius 3 is 2.36 bits per heavy atom. The largest absolute Gasteiger partial charge is 0.491 e. The second-order valence-electron chi connectivity index (χ2n) is 6.25. The van der Waals surface area contributed by atoms with Crippen molar-refractivity contribution in [1.82, 2.24) is 5.32 Å². The minimum absolute atomic E-state index is 0.113. The molecule has 1 N–H and O–H groups in total. The Balaban J connectivity index is 2.63. The number of amides is 1. The third kappa shape index (κ3) is 9.54. The van der Waals surface area contributed by atoms with Crippen molar-refractivity contribution in [2.24, 2.45) is 0 Å². The Hall–Kier alpha value is -2.31. The summed E-state index contributed by atoms with van der Waals surface area (Å²) in [6.45, 7) is 4.91. The highest BCUT2D eigenvalue weighted by Crippen LogP contribution is 2.13. The Morgan fingerprint density at radius 2 is 1.88 bits per heavy atom. The maximum Gasteiger partial charge on any atom is 0.407 e. The second kappa shape index (κ2) is 8.69. The van der Waals surface area contributed by atoms with E-state index in [1.807, 2.05) is 6.07 Å². The van der Waals surface area contributed by atoms with Gasteiger partial charge in [-0.05, 0) is 45.0 Å². The van der Waals surface area contributed by atoms with E-state index in [0.29, 0.717) is 11.3 Å². The van der Waals surface area contributed by atoms with Crippen LogP contribution < -0.4 is 10.1 Å². The van der Waals surface area contributed by atoms with Crippen LogP contribution in [-0.4, -0.2) is 45.6 Å². The van der Waals surface area contributed by atoms with Crippen LogP contribution in [0.3, 0.4) is 0 Å². The van der Waals surface area contributed by atoms with Crippen molar-refractivity contribution in [3.63, 3.8) is 0 Å². The van der Waals surface area contributed by atoms with Crippen LogP contribution in [-0.2, 0) is 19.0 Å². The number of ether oxygens (including phenoxy) is 2. The third-order valence-corrected chi connectivity index (χ3v) is 3.22. The summed E-state index contributed by atoms with van der Waals surface area (Å²) < 4.78 is 38.1. The highest BCUT2D eigenvalue weighted by Gasteiger charge is 2.20. The van der Waals surface area contributed by atoms with E-state index < -0.39 is 27.9 Å². The molecule has 0 aliphatic rings. The number of nitriles is 1. The standard InChI is InChI=1S/C16H22N2O6S/c1-16(2,3)23-15(19)18-10-14(24-25(4,20)21)11-22-13-7-5-12(9-17)6-8-13/h5-8,14H,10-11H2,1-4H3,(H,18,19)/t14-/m1/s1. The first-order valence-corrected chi connectivity index (χ1v) is 9.28. The van der Waals surface area contributed by atoms with Crippen molar-refractivity contribution < 1.29 is 26.9 Å². The zero-order valence-electron chi connectivity index (χ0n) is 14.6. The summed E-state index contributed by atoms with van der Waals surface area (Å²) in [6.07, 6.45) is -0.707. The van der Waals surface area contributed by atoms with Crippen molar-refractivity contribution in [2.45, 2.75) is 32.5 Å². The van der Waals surface area contributed by atoms with Gasteiger partial charge in [0.25, 0.3) is 10.1 Å². The molecular weight excluding hydrogens is 348 g/mol. The average molecular weight is 370 g/mol. The van der Waals surface area contributed by atoms with Gasteiger partial charge in [-0.25, -0.2) is 4.79 Å². The molecule has 0 saturated heterocycles. The molecule has 1 aromatic carbocycles. The van der Waals surface area contributed by atoms with Crippen molar-refractivity contribution in [2.75, 3.05) is 19.4 Å². The number of nitrogens with one attached hydrogen (secondary N) is 1. The molecule has 8 nitrogen and oxygen atoms in total. The molecule has 0 spiro atoms. The van der Waals surface area contributed by atoms with Crippen molar-refractivity contribution in [3.05, 3.63) is 29.8 Å². The van der Waals surface area contributed by atoms with Gasteiger partial charge in [-0.3, -0.25) is 4.18 Å². The molecule has 138 valence electrons. The molecule has 9 heteroatoms. The minimum atomic E-state index is -3.74. The highest BCUT2D eigenvalue weighted by atomic mass is 32.2. The number of rotatable bonds is 7. The minimum Gasteiger partial charge on any atom is -0.491 e. The molecule has 1 atom stereocenters. The van der Waals surface area contributed by atoms with Crippen molar-refractivity contribution in [3.8, 4) is 11.8 Å². The summed E-state index contributed by atoms with van der Waals surface area (Å²) in [5.41, 5.74) is -0.195. The summed E-state index contributed by atoms with van der Waals surface area (Å²) in [6, 6.07) is 8.28. The van der Waals surface area contributed by atoms with Crippen LogP contribution in [0.25, 0.3) is 0 Å². The molecule has 0 unspecified atom stereocenters. The van der Waals surface area contributed by atoms with Gasteiger partial charge < -0.3 is 14.8 Å². The van der Waals surface area contributed by atoms with E-state index in [4.69, 9.17) is 18.9 Å². The monoisotopic (exact) mass is 370 g/mol. The van der Waals surface area contributed by atoms with E-state index >= 15 is 0 Å². The van der Waals surface area contributed by atoms with Crippen LogP contribution in [0.5, 0.6) is 5.75 Å². The fourth-order valence-electron chi connectivity index (χ4n) is 1.69. The molecule has 0 heterocycles. The van der Waals surface area contributed by atoms with Gasteiger partial charge in [0.15, 0.2) is 0 Å². The zero-order chi connectivity index (χ0) is 19.1. The Bertz CT molecular complexity index is 716. The van der Waals surface area contributed by atoms with E-state index in [1.165, 1.54) is 0 Å². The maximum absolute atomic E-state index is 11.7. The van der Waals surface area contributed by atoms with Crippen LogP contribution >= 0.6 is 0 Å². The zero-order valence-corrected chi connectivity index (χ0v) is 15.4. The van der Waals surface area contributed by atoms with Gasteiger partial charge in [0.05, 0.1) is 24.4 Å². The summed E-state index contributed by atoms with van der Waals surface area (Å²) in [5, 5.41) is 11.2. The number of carbonyl (C=O) groups is 1. The van der Waals surface area contributed by atoms with Crippen LogP contribution in [0.2, 0.25) is 0 Å². The van der Waals surface area contributed by atoms with Gasteiger partial charge in [0, 0.05) is 0 Å². The van der Waals surface area contributed by atoms with Gasteiger partial charge in [-0.15, -0.1) is 0 Å². The molecule has 0 radical (unpaired) electrons. The molecule has 0 aliphatic heterocycles. The lowest BCUT2D eigenvalue weighted by Crippen LogP contribution is -2.40. The predicted molar refractivity (Wildman–Crippen MR) is 90.6 cm³/mol. The summed E-state index contributed by atoms with van der Waals surface area (Å²) >= 11 is 0. The Morgan fingerprint density at radius 1 is 1.28 bits per heavy atom. The second-order valence-corrected chi connectivity index (χ2v) is 7.85. The summed E-state index contributed by atoms with van der Waals surface area (Å²) in [5.74, 6) is 0.443. The topological polar surface area (TPSA) is 115 Å². The number of alkyl carbamates (subject to hydrolysis) is 1. The number of hydrogen-bond acceptors (Lipinski definition) is 7. The fourth-order valence-corrected chi connectivity index (χ4v) is 2.31. The summed E-state index contributed by atoms with van der Waals surface area (Å²) in [4.78, 5) is 11.7. The number of carbonyl (C=O) groups excluding carboxylic acids is 1. The highest BCUT2D eigenvalue weighted by molar-refractivity contribution is 7.86. The average Bonchev–Trinajstić information content (AvgIpc) is 2.47. The van der Waals surface area contributed by atoms with Crippen LogP contribution in [0.15, 0.2) is 24.3 Å². The first-order chi connectivity index (χ1) is 11.5. The molecular formula is C16H22N2O6S. The van der Waals surface area contributed by atoms with Crippen molar-refractivity contribution in [1.29, 1.82) is 5.26 Å². The van der Waals surface area contributed by atoms with Gasteiger partial charge in [0.1, 0.15) is 24.1 Å². The number of nitrogens with zero attached hydrogens (tertiary/aromatic N) is 1. The molecule has 1 rings (SSSR count). The first-order valence-electron chi connectivity index (χ1n) is 7.46. The van der Waals surface area contributed by atoms with Crippen LogP contribution in [0.4, 0.5) is 4.79 Å². The predicted octanol–water partition coefficient (Wildman–Crippen LogP) is 1.81. The van der Waals surface area contributed by atoms with Gasteiger partial charge in [0.2, 0.25) is 0 Å². The fraction of sp³-hybridized carbons (Fsp3) is 0.500.